The molecule has 0 aromatic heterocycles. The number of halogens is 1. The number of hydrogen-bond acceptors (Lipinski definition) is 4. The van der Waals surface area contributed by atoms with Crippen molar-refractivity contribution < 1.29 is 4.92 Å². The molecular weight excluding hydrogens is 266 g/mol. The zero-order valence-corrected chi connectivity index (χ0v) is 11.7. The van der Waals surface area contributed by atoms with Crippen molar-refractivity contribution in [2.24, 2.45) is 0 Å². The van der Waals surface area contributed by atoms with E-state index >= 15 is 0 Å². The molecular formula is C13H18ClN3O2. The van der Waals surface area contributed by atoms with Crippen molar-refractivity contribution in [2.75, 3.05) is 25.0 Å². The van der Waals surface area contributed by atoms with Crippen LogP contribution in [0.1, 0.15) is 19.8 Å². The predicted octanol–water partition coefficient (Wildman–Crippen LogP) is 3.14. The molecule has 0 aliphatic carbocycles. The van der Waals surface area contributed by atoms with Gasteiger partial charge in [-0.1, -0.05) is 11.6 Å². The molecule has 1 aliphatic heterocycles. The van der Waals surface area contributed by atoms with Gasteiger partial charge in [0.2, 0.25) is 0 Å². The van der Waals surface area contributed by atoms with Crippen LogP contribution in [0, 0.1) is 10.1 Å². The summed E-state index contributed by atoms with van der Waals surface area (Å²) in [6, 6.07) is 4.88. The van der Waals surface area contributed by atoms with Gasteiger partial charge in [0.05, 0.1) is 4.92 Å². The molecule has 1 N–H and O–H groups in total. The van der Waals surface area contributed by atoms with Gasteiger partial charge in [-0.05, 0) is 45.0 Å². The zero-order chi connectivity index (χ0) is 13.8. The maximum Gasteiger partial charge on any atom is 0.293 e. The summed E-state index contributed by atoms with van der Waals surface area (Å²) in [5.41, 5.74) is 0.557. The normalized spacial score (nSPS) is 17.4. The summed E-state index contributed by atoms with van der Waals surface area (Å²) in [4.78, 5) is 13.0. The third-order valence-electron chi connectivity index (χ3n) is 3.29. The average molecular weight is 284 g/mol. The summed E-state index contributed by atoms with van der Waals surface area (Å²) in [6.45, 7) is 5.18. The van der Waals surface area contributed by atoms with Crippen molar-refractivity contribution in [2.45, 2.75) is 25.8 Å². The van der Waals surface area contributed by atoms with E-state index in [1.165, 1.54) is 18.9 Å². The van der Waals surface area contributed by atoms with Crippen LogP contribution in [0.3, 0.4) is 0 Å². The van der Waals surface area contributed by atoms with Crippen LogP contribution < -0.4 is 5.32 Å². The lowest BCUT2D eigenvalue weighted by molar-refractivity contribution is -0.384. The summed E-state index contributed by atoms with van der Waals surface area (Å²) < 4.78 is 0. The van der Waals surface area contributed by atoms with Crippen LogP contribution in [-0.2, 0) is 0 Å². The molecule has 0 radical (unpaired) electrons. The van der Waals surface area contributed by atoms with Crippen LogP contribution in [0.2, 0.25) is 5.02 Å². The largest absolute Gasteiger partial charge is 0.376 e. The van der Waals surface area contributed by atoms with Crippen molar-refractivity contribution in [3.05, 3.63) is 33.3 Å². The van der Waals surface area contributed by atoms with E-state index in [2.05, 4.69) is 10.2 Å². The second-order valence-corrected chi connectivity index (χ2v) is 5.41. The number of hydrogen-bond donors (Lipinski definition) is 1. The van der Waals surface area contributed by atoms with E-state index < -0.39 is 4.92 Å². The fourth-order valence-corrected chi connectivity index (χ4v) is 2.61. The van der Waals surface area contributed by atoms with E-state index in [1.807, 2.05) is 6.92 Å². The minimum absolute atomic E-state index is 0.0285. The monoisotopic (exact) mass is 283 g/mol. The Bertz CT molecular complexity index is 461. The lowest BCUT2D eigenvalue weighted by atomic mass is 10.2. The lowest BCUT2D eigenvalue weighted by Gasteiger charge is -2.22. The lowest BCUT2D eigenvalue weighted by Crippen LogP contribution is -2.33. The zero-order valence-electron chi connectivity index (χ0n) is 10.9. The molecule has 1 unspecified atom stereocenters. The maximum absolute atomic E-state index is 11.0. The number of rotatable bonds is 5. The van der Waals surface area contributed by atoms with Gasteiger partial charge in [-0.15, -0.1) is 0 Å². The van der Waals surface area contributed by atoms with Gasteiger partial charge < -0.3 is 10.2 Å². The number of nitro groups is 1. The predicted molar refractivity (Wildman–Crippen MR) is 76.9 cm³/mol. The van der Waals surface area contributed by atoms with E-state index in [0.717, 1.165) is 19.6 Å². The van der Waals surface area contributed by atoms with Crippen LogP contribution in [0.4, 0.5) is 11.4 Å². The number of likely N-dealkylation sites (tertiary alicyclic amines) is 1. The molecule has 1 atom stereocenters. The number of nitrogens with one attached hydrogen (secondary N) is 1. The topological polar surface area (TPSA) is 58.4 Å². The fourth-order valence-electron chi connectivity index (χ4n) is 2.44. The highest BCUT2D eigenvalue weighted by Crippen LogP contribution is 2.28. The number of nitro benzene ring substituents is 1. The molecule has 0 bridgehead atoms. The first-order chi connectivity index (χ1) is 9.06. The fraction of sp³-hybridized carbons (Fsp3) is 0.538. The third-order valence-corrected chi connectivity index (χ3v) is 3.52. The van der Waals surface area contributed by atoms with E-state index in [0.29, 0.717) is 10.7 Å². The van der Waals surface area contributed by atoms with Gasteiger partial charge >= 0.3 is 0 Å². The van der Waals surface area contributed by atoms with Crippen LogP contribution in [-0.4, -0.2) is 35.5 Å². The molecule has 6 heteroatoms. The highest BCUT2D eigenvalue weighted by Gasteiger charge is 2.18. The summed E-state index contributed by atoms with van der Waals surface area (Å²) in [7, 11) is 0. The Hall–Kier alpha value is -1.33. The minimum Gasteiger partial charge on any atom is -0.376 e. The molecule has 2 rings (SSSR count). The average Bonchev–Trinajstić information content (AvgIpc) is 2.83. The van der Waals surface area contributed by atoms with Crippen LogP contribution in [0.25, 0.3) is 0 Å². The SMILES string of the molecule is CC(CN1CCCC1)Nc1ccc(Cl)cc1[N+](=O)[O-]. The Morgan fingerprint density at radius 1 is 1.47 bits per heavy atom. The third kappa shape index (κ3) is 3.81. The van der Waals surface area contributed by atoms with E-state index in [4.69, 9.17) is 11.6 Å². The minimum atomic E-state index is -0.406. The molecule has 1 aromatic rings. The molecule has 1 heterocycles. The van der Waals surface area contributed by atoms with Gasteiger partial charge in [-0.3, -0.25) is 10.1 Å². The van der Waals surface area contributed by atoms with Gasteiger partial charge in [-0.25, -0.2) is 0 Å². The van der Waals surface area contributed by atoms with Crippen molar-refractivity contribution in [1.82, 2.24) is 4.90 Å². The number of benzene rings is 1. The summed E-state index contributed by atoms with van der Waals surface area (Å²) in [6.07, 6.45) is 2.49. The van der Waals surface area contributed by atoms with Gasteiger partial charge in [0.25, 0.3) is 5.69 Å². The van der Waals surface area contributed by atoms with Crippen molar-refractivity contribution in [3.8, 4) is 0 Å². The van der Waals surface area contributed by atoms with Crippen molar-refractivity contribution in [3.63, 3.8) is 0 Å². The second kappa shape index (κ2) is 6.21. The highest BCUT2D eigenvalue weighted by molar-refractivity contribution is 6.30. The Morgan fingerprint density at radius 2 is 2.16 bits per heavy atom. The van der Waals surface area contributed by atoms with Crippen LogP contribution >= 0.6 is 11.6 Å². The standard InChI is InChI=1S/C13H18ClN3O2/c1-10(9-16-6-2-3-7-16)15-12-5-4-11(14)8-13(12)17(18)19/h4-5,8,10,15H,2-3,6-7,9H2,1H3. The summed E-state index contributed by atoms with van der Waals surface area (Å²) in [5, 5.41) is 14.6. The van der Waals surface area contributed by atoms with E-state index in [1.54, 1.807) is 12.1 Å². The first-order valence-electron chi connectivity index (χ1n) is 6.49. The van der Waals surface area contributed by atoms with Gasteiger partial charge in [0, 0.05) is 23.7 Å². The summed E-state index contributed by atoms with van der Waals surface area (Å²) in [5.74, 6) is 0. The highest BCUT2D eigenvalue weighted by atomic mass is 35.5. The van der Waals surface area contributed by atoms with Crippen LogP contribution in [0.5, 0.6) is 0 Å². The Morgan fingerprint density at radius 3 is 2.79 bits per heavy atom. The molecule has 1 saturated heterocycles. The molecule has 1 aliphatic rings. The number of anilines is 1. The Balaban J connectivity index is 2.03. The van der Waals surface area contributed by atoms with Gasteiger partial charge in [0.1, 0.15) is 5.69 Å². The molecule has 1 fully saturated rings. The van der Waals surface area contributed by atoms with Crippen LogP contribution in [0.15, 0.2) is 18.2 Å². The van der Waals surface area contributed by atoms with E-state index in [9.17, 15) is 10.1 Å². The molecule has 104 valence electrons. The molecule has 0 amide bonds. The number of nitrogens with zero attached hydrogens (tertiary/aromatic N) is 2. The first-order valence-corrected chi connectivity index (χ1v) is 6.87. The molecule has 1 aromatic carbocycles. The van der Waals surface area contributed by atoms with Gasteiger partial charge in [0.15, 0.2) is 0 Å². The molecule has 19 heavy (non-hydrogen) atoms. The van der Waals surface area contributed by atoms with Crippen molar-refractivity contribution >= 4 is 23.0 Å². The Labute approximate surface area is 117 Å². The summed E-state index contributed by atoms with van der Waals surface area (Å²) >= 11 is 5.79. The molecule has 5 nitrogen and oxygen atoms in total. The maximum atomic E-state index is 11.0. The second-order valence-electron chi connectivity index (χ2n) is 4.97. The molecule has 0 spiro atoms. The molecule has 0 saturated carbocycles. The smallest absolute Gasteiger partial charge is 0.293 e. The van der Waals surface area contributed by atoms with Crippen molar-refractivity contribution in [1.29, 1.82) is 0 Å². The van der Waals surface area contributed by atoms with Gasteiger partial charge in [-0.2, -0.15) is 0 Å². The Kier molecular flexibility index (Phi) is 4.61. The van der Waals surface area contributed by atoms with E-state index in [-0.39, 0.29) is 11.7 Å². The quantitative estimate of drug-likeness (QED) is 0.666. The first kappa shape index (κ1) is 14.1.